The van der Waals surface area contributed by atoms with Crippen LogP contribution in [0.15, 0.2) is 60.4 Å². The second-order valence-corrected chi connectivity index (χ2v) is 13.2. The van der Waals surface area contributed by atoms with Crippen molar-refractivity contribution in [3.05, 3.63) is 83.2 Å². The topological polar surface area (TPSA) is 44.0 Å². The molecule has 2 aromatic heterocycles. The molecular weight excluding hydrogens is 644 g/mol. The van der Waals surface area contributed by atoms with Crippen molar-refractivity contribution < 1.29 is 44.7 Å². The summed E-state index contributed by atoms with van der Waals surface area (Å²) in [5.41, 5.74) is 2.60. The maximum absolute atomic E-state index is 14.4. The number of nitrogens with zero attached hydrogens (tertiary/aromatic N) is 2. The number of aromatic nitrogens is 2. The molecule has 2 aliphatic carbocycles. The second-order valence-electron chi connectivity index (χ2n) is 13.2. The van der Waals surface area contributed by atoms with Gasteiger partial charge in [-0.1, -0.05) is 12.5 Å². The number of ketones is 2. The lowest BCUT2D eigenvalue weighted by atomic mass is 9.85. The van der Waals surface area contributed by atoms with Crippen LogP contribution in [0.3, 0.4) is 0 Å². The standard InChI is InChI=1S/C36H34F8N2O2/c37-27-7-9-29-25(14-21-3-1-6-24(13-21)34(48)36(42,43)44)19-45(31(29)17-27)11-12-46-20-26(30-10-8-28(38)18-32(30)46)15-22-4-2-5-23(22)16-33(47)35(39,40)41/h7-10,13,17-23H,1-6,11-12,14-16H2/t21-,22+,23?/m1/s1. The Kier molecular flexibility index (Phi) is 9.30. The molecule has 0 spiro atoms. The third-order valence-corrected chi connectivity index (χ3v) is 9.99. The number of carbonyl (C=O) groups excluding carboxylic acids is 2. The van der Waals surface area contributed by atoms with Gasteiger partial charge in [-0.2, -0.15) is 26.3 Å². The molecule has 0 N–H and O–H groups in total. The van der Waals surface area contributed by atoms with Crippen molar-refractivity contribution in [2.24, 2.45) is 17.8 Å². The average molecular weight is 679 g/mol. The zero-order valence-corrected chi connectivity index (χ0v) is 25.9. The van der Waals surface area contributed by atoms with Crippen LogP contribution in [0.4, 0.5) is 35.1 Å². The fourth-order valence-corrected chi connectivity index (χ4v) is 7.70. The highest BCUT2D eigenvalue weighted by Gasteiger charge is 2.42. The van der Waals surface area contributed by atoms with Crippen LogP contribution < -0.4 is 0 Å². The van der Waals surface area contributed by atoms with Crippen molar-refractivity contribution in [3.8, 4) is 0 Å². The second kappa shape index (κ2) is 13.2. The summed E-state index contributed by atoms with van der Waals surface area (Å²) in [6.45, 7) is 0.679. The summed E-state index contributed by atoms with van der Waals surface area (Å²) in [6, 6.07) is 8.71. The number of hydrogen-bond acceptors (Lipinski definition) is 2. The SMILES string of the molecule is O=C(CC1CCC[C@H]1Cc1cn(CCn2cc(C[C@H]3C=C(C(=O)C(F)(F)F)CCC3)c3ccc(F)cc32)c2cc(F)ccc12)C(F)(F)F. The molecule has 2 aliphatic rings. The van der Waals surface area contributed by atoms with Crippen molar-refractivity contribution in [1.29, 1.82) is 0 Å². The minimum Gasteiger partial charge on any atom is -0.345 e. The van der Waals surface area contributed by atoms with Crippen LogP contribution in [-0.4, -0.2) is 33.1 Å². The highest BCUT2D eigenvalue weighted by molar-refractivity contribution is 5.99. The van der Waals surface area contributed by atoms with Crippen LogP contribution in [0.25, 0.3) is 21.8 Å². The Hall–Kier alpha value is -3.96. The van der Waals surface area contributed by atoms with Crippen molar-refractivity contribution in [2.75, 3.05) is 0 Å². The van der Waals surface area contributed by atoms with Gasteiger partial charge in [0.2, 0.25) is 5.78 Å². The van der Waals surface area contributed by atoms with E-state index in [0.717, 1.165) is 28.3 Å². The molecule has 4 nitrogen and oxygen atoms in total. The molecule has 48 heavy (non-hydrogen) atoms. The fourth-order valence-electron chi connectivity index (χ4n) is 7.70. The van der Waals surface area contributed by atoms with Gasteiger partial charge in [0.15, 0.2) is 0 Å². The Bertz CT molecular complexity index is 1880. The lowest BCUT2D eigenvalue weighted by molar-refractivity contribution is -0.172. The molecule has 0 aliphatic heterocycles. The largest absolute Gasteiger partial charge is 0.454 e. The van der Waals surface area contributed by atoms with Crippen LogP contribution >= 0.6 is 0 Å². The Morgan fingerprint density at radius 2 is 1.27 bits per heavy atom. The number of fused-ring (bicyclic) bond motifs is 2. The monoisotopic (exact) mass is 678 g/mol. The van der Waals surface area contributed by atoms with Gasteiger partial charge in [0.1, 0.15) is 11.6 Å². The zero-order chi connectivity index (χ0) is 34.4. The fraction of sp³-hybridized carbons (Fsp3) is 0.444. The van der Waals surface area contributed by atoms with E-state index in [2.05, 4.69) is 0 Å². The number of allylic oxidation sites excluding steroid dienone is 2. The van der Waals surface area contributed by atoms with Crippen molar-refractivity contribution in [3.63, 3.8) is 0 Å². The Morgan fingerprint density at radius 3 is 1.83 bits per heavy atom. The van der Waals surface area contributed by atoms with Gasteiger partial charge in [-0.3, -0.25) is 9.59 Å². The maximum Gasteiger partial charge on any atom is 0.454 e. The van der Waals surface area contributed by atoms with E-state index in [9.17, 15) is 44.7 Å². The first kappa shape index (κ1) is 33.9. The molecular formula is C36H34F8N2O2. The number of rotatable bonds is 10. The van der Waals surface area contributed by atoms with E-state index in [-0.39, 0.29) is 29.7 Å². The Morgan fingerprint density at radius 1 is 0.708 bits per heavy atom. The summed E-state index contributed by atoms with van der Waals surface area (Å²) in [7, 11) is 0. The van der Waals surface area contributed by atoms with Gasteiger partial charge in [0, 0.05) is 48.2 Å². The first-order valence-corrected chi connectivity index (χ1v) is 16.1. The molecule has 12 heteroatoms. The molecule has 1 saturated carbocycles. The van der Waals surface area contributed by atoms with Gasteiger partial charge in [-0.25, -0.2) is 8.78 Å². The highest BCUT2D eigenvalue weighted by atomic mass is 19.4. The van der Waals surface area contributed by atoms with Gasteiger partial charge in [0.05, 0.1) is 11.0 Å². The summed E-state index contributed by atoms with van der Waals surface area (Å²) in [5.74, 6) is -5.26. The molecule has 4 aromatic rings. The molecule has 1 unspecified atom stereocenters. The van der Waals surface area contributed by atoms with Gasteiger partial charge < -0.3 is 9.13 Å². The van der Waals surface area contributed by atoms with E-state index in [1.54, 1.807) is 12.1 Å². The lowest BCUT2D eigenvalue weighted by Crippen LogP contribution is -2.26. The number of alkyl halides is 6. The molecule has 1 fully saturated rings. The molecule has 6 rings (SSSR count). The highest BCUT2D eigenvalue weighted by Crippen LogP contribution is 2.40. The van der Waals surface area contributed by atoms with Crippen molar-refractivity contribution >= 4 is 33.4 Å². The Labute approximate surface area is 271 Å². The van der Waals surface area contributed by atoms with Crippen molar-refractivity contribution in [1.82, 2.24) is 9.13 Å². The third-order valence-electron chi connectivity index (χ3n) is 9.99. The van der Waals surface area contributed by atoms with Gasteiger partial charge in [-0.05, 0) is 110 Å². The van der Waals surface area contributed by atoms with Crippen LogP contribution in [0.5, 0.6) is 0 Å². The zero-order valence-electron chi connectivity index (χ0n) is 25.9. The number of carbonyl (C=O) groups is 2. The van der Waals surface area contributed by atoms with E-state index in [0.29, 0.717) is 62.6 Å². The first-order chi connectivity index (χ1) is 22.7. The summed E-state index contributed by atoms with van der Waals surface area (Å²) < 4.78 is 111. The summed E-state index contributed by atoms with van der Waals surface area (Å²) >= 11 is 0. The third kappa shape index (κ3) is 7.22. The van der Waals surface area contributed by atoms with E-state index in [4.69, 9.17) is 0 Å². The van der Waals surface area contributed by atoms with Crippen LogP contribution in [0.2, 0.25) is 0 Å². The number of halogens is 8. The van der Waals surface area contributed by atoms with E-state index < -0.39 is 42.0 Å². The van der Waals surface area contributed by atoms with Gasteiger partial charge in [-0.15, -0.1) is 0 Å². The average Bonchev–Trinajstić information content (AvgIpc) is 3.70. The Balaban J connectivity index is 1.25. The molecule has 256 valence electrons. The maximum atomic E-state index is 14.4. The molecule has 2 heterocycles. The van der Waals surface area contributed by atoms with E-state index in [1.165, 1.54) is 30.3 Å². The van der Waals surface area contributed by atoms with Crippen LogP contribution in [-0.2, 0) is 35.5 Å². The number of hydrogen-bond donors (Lipinski definition) is 0. The minimum atomic E-state index is -4.93. The molecule has 0 saturated heterocycles. The number of benzene rings is 2. The minimum absolute atomic E-state index is 0.0717. The molecule has 0 amide bonds. The quantitative estimate of drug-likeness (QED) is 0.157. The van der Waals surface area contributed by atoms with Crippen molar-refractivity contribution in [2.45, 2.75) is 83.2 Å². The van der Waals surface area contributed by atoms with Crippen LogP contribution in [0, 0.1) is 29.4 Å². The number of aryl methyl sites for hydroxylation is 2. The van der Waals surface area contributed by atoms with E-state index in [1.807, 2.05) is 21.5 Å². The predicted octanol–water partition coefficient (Wildman–Crippen LogP) is 9.46. The summed E-state index contributed by atoms with van der Waals surface area (Å²) in [6.07, 6.45) is -1.32. The molecule has 3 atom stereocenters. The molecule has 0 bridgehead atoms. The van der Waals surface area contributed by atoms with Gasteiger partial charge >= 0.3 is 12.4 Å². The predicted molar refractivity (Wildman–Crippen MR) is 164 cm³/mol. The molecule has 2 aromatic carbocycles. The lowest BCUT2D eigenvalue weighted by Gasteiger charge is -2.21. The molecule has 0 radical (unpaired) electrons. The van der Waals surface area contributed by atoms with Gasteiger partial charge in [0.25, 0.3) is 5.78 Å². The first-order valence-electron chi connectivity index (χ1n) is 16.1. The number of Topliss-reactive ketones (excluding diaryl/α,β-unsaturated/α-hetero) is 2. The smallest absolute Gasteiger partial charge is 0.345 e. The summed E-state index contributed by atoms with van der Waals surface area (Å²) in [4.78, 5) is 23.6. The summed E-state index contributed by atoms with van der Waals surface area (Å²) in [5, 5.41) is 1.51. The van der Waals surface area contributed by atoms with E-state index >= 15 is 0 Å². The van der Waals surface area contributed by atoms with Crippen LogP contribution in [0.1, 0.15) is 56.1 Å². The normalized spacial score (nSPS) is 20.5.